The molecule has 0 aliphatic heterocycles. The summed E-state index contributed by atoms with van der Waals surface area (Å²) in [5.41, 5.74) is -3.10. The third kappa shape index (κ3) is 2.55. The van der Waals surface area contributed by atoms with Gasteiger partial charge in [0.25, 0.3) is 0 Å². The molecule has 0 amide bonds. The Bertz CT molecular complexity index is 1150. The Kier molecular flexibility index (Phi) is 3.34. The van der Waals surface area contributed by atoms with E-state index in [9.17, 15) is 21.6 Å². The number of halogens is 3. The van der Waals surface area contributed by atoms with Crippen LogP contribution in [0.1, 0.15) is 11.1 Å². The van der Waals surface area contributed by atoms with E-state index < -0.39 is 15.6 Å². The lowest BCUT2D eigenvalue weighted by Gasteiger charge is -2.12. The minimum atomic E-state index is -5.68. The second-order valence-corrected chi connectivity index (χ2v) is 7.30. The number of hydrogen-bond donors (Lipinski definition) is 0. The van der Waals surface area contributed by atoms with Crippen molar-refractivity contribution in [3.8, 4) is 5.75 Å². The molecule has 1 aliphatic carbocycles. The molecular weight excluding hydrogens is 353 g/mol. The highest BCUT2D eigenvalue weighted by Crippen LogP contribution is 2.35. The molecule has 3 aromatic rings. The van der Waals surface area contributed by atoms with Crippen molar-refractivity contribution >= 4 is 37.7 Å². The smallest absolute Gasteiger partial charge is 0.376 e. The molecule has 3 aromatic carbocycles. The van der Waals surface area contributed by atoms with Gasteiger partial charge in [0.15, 0.2) is 0 Å². The van der Waals surface area contributed by atoms with Gasteiger partial charge >= 0.3 is 15.6 Å². The molecule has 25 heavy (non-hydrogen) atoms. The highest BCUT2D eigenvalue weighted by atomic mass is 32.2. The summed E-state index contributed by atoms with van der Waals surface area (Å²) >= 11 is 0. The third-order valence-electron chi connectivity index (χ3n) is 4.24. The van der Waals surface area contributed by atoms with E-state index in [0.29, 0.717) is 5.39 Å². The monoisotopic (exact) mass is 364 g/mol. The van der Waals surface area contributed by atoms with E-state index in [-0.39, 0.29) is 5.75 Å². The van der Waals surface area contributed by atoms with Crippen molar-refractivity contribution in [2.24, 2.45) is 0 Å². The maximum atomic E-state index is 12.4. The van der Waals surface area contributed by atoms with Gasteiger partial charge in [0.2, 0.25) is 0 Å². The first-order chi connectivity index (χ1) is 11.8. The van der Waals surface area contributed by atoms with Crippen LogP contribution in [0.4, 0.5) is 13.2 Å². The number of rotatable bonds is 2. The average molecular weight is 364 g/mol. The Morgan fingerprint density at radius 1 is 0.920 bits per heavy atom. The van der Waals surface area contributed by atoms with Crippen molar-refractivity contribution < 1.29 is 25.8 Å². The second kappa shape index (κ2) is 5.23. The Morgan fingerprint density at radius 3 is 2.40 bits per heavy atom. The summed E-state index contributed by atoms with van der Waals surface area (Å²) in [5, 5.41) is 3.47. The van der Waals surface area contributed by atoms with E-state index >= 15 is 0 Å². The lowest BCUT2D eigenvalue weighted by Crippen LogP contribution is -2.28. The normalized spacial score (nSPS) is 14.2. The molecule has 0 atom stereocenters. The maximum Gasteiger partial charge on any atom is 0.534 e. The van der Waals surface area contributed by atoms with Crippen LogP contribution >= 0.6 is 0 Å². The molecule has 128 valence electrons. The molecule has 0 N–H and O–H groups in total. The highest BCUT2D eigenvalue weighted by molar-refractivity contribution is 7.88. The molecule has 3 nitrogen and oxygen atoms in total. The molecule has 1 aliphatic rings. The van der Waals surface area contributed by atoms with Crippen LogP contribution in [-0.2, 0) is 16.5 Å². The summed E-state index contributed by atoms with van der Waals surface area (Å²) in [7, 11) is -5.68. The Labute approximate surface area is 141 Å². The number of allylic oxidation sites excluding steroid dienone is 1. The van der Waals surface area contributed by atoms with Crippen LogP contribution < -0.4 is 4.18 Å². The van der Waals surface area contributed by atoms with Crippen molar-refractivity contribution in [3.63, 3.8) is 0 Å². The Balaban J connectivity index is 1.83. The van der Waals surface area contributed by atoms with Crippen LogP contribution in [0.5, 0.6) is 5.75 Å². The SMILES string of the molecule is O=S(=O)(Oc1ccc2c(ccc3c4c(ccc32)C=CC4)c1)C(F)(F)F. The lowest BCUT2D eigenvalue weighted by atomic mass is 9.96. The second-order valence-electron chi connectivity index (χ2n) is 5.77. The van der Waals surface area contributed by atoms with E-state index in [2.05, 4.69) is 16.3 Å². The summed E-state index contributed by atoms with van der Waals surface area (Å²) in [6.07, 6.45) is 4.97. The van der Waals surface area contributed by atoms with Gasteiger partial charge in [-0.2, -0.15) is 21.6 Å². The van der Waals surface area contributed by atoms with Crippen molar-refractivity contribution in [3.05, 3.63) is 59.7 Å². The molecule has 0 bridgehead atoms. The summed E-state index contributed by atoms with van der Waals surface area (Å²) in [5.74, 6) is -0.369. The molecule has 4 rings (SSSR count). The summed E-state index contributed by atoms with van der Waals surface area (Å²) in [6, 6.07) is 11.7. The zero-order chi connectivity index (χ0) is 17.8. The van der Waals surface area contributed by atoms with Gasteiger partial charge in [-0.1, -0.05) is 42.5 Å². The Morgan fingerprint density at radius 2 is 1.64 bits per heavy atom. The van der Waals surface area contributed by atoms with E-state index in [1.165, 1.54) is 17.7 Å². The fourth-order valence-corrected chi connectivity index (χ4v) is 3.57. The average Bonchev–Trinajstić information content (AvgIpc) is 3.01. The van der Waals surface area contributed by atoms with Crippen LogP contribution in [0, 0.1) is 0 Å². The van der Waals surface area contributed by atoms with Crippen molar-refractivity contribution in [1.29, 1.82) is 0 Å². The van der Waals surface area contributed by atoms with Gasteiger partial charge in [0.1, 0.15) is 5.75 Å². The quantitative estimate of drug-likeness (QED) is 0.373. The first-order valence-corrected chi connectivity index (χ1v) is 8.83. The van der Waals surface area contributed by atoms with Crippen molar-refractivity contribution in [1.82, 2.24) is 0 Å². The van der Waals surface area contributed by atoms with Crippen molar-refractivity contribution in [2.45, 2.75) is 11.9 Å². The van der Waals surface area contributed by atoms with Crippen molar-refractivity contribution in [2.75, 3.05) is 0 Å². The van der Waals surface area contributed by atoms with Crippen LogP contribution in [0.15, 0.2) is 48.5 Å². The third-order valence-corrected chi connectivity index (χ3v) is 5.22. The standard InChI is InChI=1S/C18H11F3O3S/c19-18(20,21)25(22,23)24-13-6-9-15-12(10-13)5-8-16-14-3-1-2-11(14)4-7-17(15)16/h1-2,4-10H,3H2. The van der Waals surface area contributed by atoms with Crippen LogP contribution in [-0.4, -0.2) is 13.9 Å². The number of alkyl halides is 3. The van der Waals surface area contributed by atoms with Crippen LogP contribution in [0.25, 0.3) is 27.6 Å². The highest BCUT2D eigenvalue weighted by Gasteiger charge is 2.48. The molecule has 0 heterocycles. The molecule has 0 fully saturated rings. The van der Waals surface area contributed by atoms with E-state index in [0.717, 1.165) is 28.1 Å². The summed E-state index contributed by atoms with van der Waals surface area (Å²) in [6.45, 7) is 0. The minimum Gasteiger partial charge on any atom is -0.376 e. The summed E-state index contributed by atoms with van der Waals surface area (Å²) < 4.78 is 63.8. The van der Waals surface area contributed by atoms with Gasteiger partial charge in [0.05, 0.1) is 0 Å². The molecule has 0 saturated carbocycles. The van der Waals surface area contributed by atoms with E-state index in [4.69, 9.17) is 0 Å². The lowest BCUT2D eigenvalue weighted by molar-refractivity contribution is -0.0500. The maximum absolute atomic E-state index is 12.4. The number of hydrogen-bond acceptors (Lipinski definition) is 3. The predicted octanol–water partition coefficient (Wildman–Crippen LogP) is 4.79. The first-order valence-electron chi connectivity index (χ1n) is 7.42. The predicted molar refractivity (Wildman–Crippen MR) is 89.8 cm³/mol. The van der Waals surface area contributed by atoms with Crippen LogP contribution in [0.2, 0.25) is 0 Å². The van der Waals surface area contributed by atoms with Gasteiger partial charge in [-0.05, 0) is 51.2 Å². The molecular formula is C18H11F3O3S. The van der Waals surface area contributed by atoms with Gasteiger partial charge in [-0.15, -0.1) is 0 Å². The fraction of sp³-hybridized carbons (Fsp3) is 0.111. The van der Waals surface area contributed by atoms with Gasteiger partial charge in [-0.3, -0.25) is 0 Å². The summed E-state index contributed by atoms with van der Waals surface area (Å²) in [4.78, 5) is 0. The zero-order valence-electron chi connectivity index (χ0n) is 12.7. The zero-order valence-corrected chi connectivity index (χ0v) is 13.5. The minimum absolute atomic E-state index is 0.369. The topological polar surface area (TPSA) is 43.4 Å². The molecule has 0 saturated heterocycles. The van der Waals surface area contributed by atoms with Gasteiger partial charge in [0, 0.05) is 0 Å². The van der Waals surface area contributed by atoms with Crippen LogP contribution in [0.3, 0.4) is 0 Å². The fourth-order valence-electron chi connectivity index (χ4n) is 3.12. The van der Waals surface area contributed by atoms with Gasteiger partial charge < -0.3 is 4.18 Å². The number of fused-ring (bicyclic) bond motifs is 5. The number of benzene rings is 3. The first kappa shape index (κ1) is 16.0. The molecule has 0 aromatic heterocycles. The van der Waals surface area contributed by atoms with E-state index in [1.807, 2.05) is 18.2 Å². The molecule has 0 radical (unpaired) electrons. The largest absolute Gasteiger partial charge is 0.534 e. The Hall–Kier alpha value is -2.54. The molecule has 0 spiro atoms. The molecule has 7 heteroatoms. The molecule has 0 unspecified atom stereocenters. The van der Waals surface area contributed by atoms with Gasteiger partial charge in [-0.25, -0.2) is 0 Å². The van der Waals surface area contributed by atoms with E-state index in [1.54, 1.807) is 12.1 Å².